The Labute approximate surface area is 164 Å². The van der Waals surface area contributed by atoms with Crippen molar-refractivity contribution in [1.29, 1.82) is 0 Å². The number of ether oxygens (including phenoxy) is 2. The molecule has 28 heavy (non-hydrogen) atoms. The molecule has 1 aromatic heterocycles. The molecule has 0 spiro atoms. The van der Waals surface area contributed by atoms with Gasteiger partial charge in [0.1, 0.15) is 0 Å². The summed E-state index contributed by atoms with van der Waals surface area (Å²) in [5.74, 6) is -4.68. The van der Waals surface area contributed by atoms with Crippen molar-refractivity contribution in [1.82, 2.24) is 4.98 Å². The Morgan fingerprint density at radius 2 is 1.79 bits per heavy atom. The van der Waals surface area contributed by atoms with Crippen LogP contribution in [0.5, 0.6) is 0 Å². The fraction of sp³-hybridized carbons (Fsp3) is 0.316. The minimum atomic E-state index is -2.69. The lowest BCUT2D eigenvalue weighted by Crippen LogP contribution is -2.16. The first-order valence-corrected chi connectivity index (χ1v) is 9.24. The Bertz CT molecular complexity index is 894. The van der Waals surface area contributed by atoms with Crippen LogP contribution in [0.2, 0.25) is 0 Å². The number of rotatable bonds is 8. The molecular weight excluding hydrogens is 392 g/mol. The second-order valence-electron chi connectivity index (χ2n) is 5.72. The number of thioether (sulfide) groups is 1. The summed E-state index contributed by atoms with van der Waals surface area (Å²) in [5, 5.41) is 0. The van der Waals surface area contributed by atoms with Gasteiger partial charge in [0.15, 0.2) is 6.61 Å². The van der Waals surface area contributed by atoms with E-state index < -0.39 is 30.1 Å². The smallest absolute Gasteiger partial charge is 0.340 e. The number of carbonyl (C=O) groups is 3. The number of esters is 2. The Hall–Kier alpha value is -2.68. The van der Waals surface area contributed by atoms with Crippen LogP contribution in [-0.2, 0) is 9.47 Å². The van der Waals surface area contributed by atoms with Crippen LogP contribution in [0.15, 0.2) is 29.2 Å². The average molecular weight is 411 g/mol. The Morgan fingerprint density at radius 1 is 1.11 bits per heavy atom. The number of nitrogens with one attached hydrogen (secondary N) is 1. The lowest BCUT2D eigenvalue weighted by molar-refractivity contribution is 0.0468. The molecule has 0 unspecified atom stereocenters. The number of halogens is 2. The third-order valence-corrected chi connectivity index (χ3v) is 4.64. The molecule has 0 radical (unpaired) electrons. The van der Waals surface area contributed by atoms with Crippen molar-refractivity contribution in [2.75, 3.05) is 13.2 Å². The lowest BCUT2D eigenvalue weighted by Gasteiger charge is -2.08. The molecule has 1 heterocycles. The Balaban J connectivity index is 2.12. The molecular formula is C19H19F2NO5S. The van der Waals surface area contributed by atoms with Gasteiger partial charge in [-0.2, -0.15) is 8.78 Å². The van der Waals surface area contributed by atoms with Crippen LogP contribution in [0.3, 0.4) is 0 Å². The highest BCUT2D eigenvalue weighted by Gasteiger charge is 2.24. The molecule has 0 atom stereocenters. The Morgan fingerprint density at radius 3 is 2.43 bits per heavy atom. The molecule has 0 amide bonds. The minimum Gasteiger partial charge on any atom is -0.462 e. The zero-order valence-corrected chi connectivity index (χ0v) is 16.3. The number of carbonyl (C=O) groups excluding carboxylic acids is 3. The second kappa shape index (κ2) is 9.50. The first-order valence-electron chi connectivity index (χ1n) is 8.36. The van der Waals surface area contributed by atoms with Crippen molar-refractivity contribution < 1.29 is 32.6 Å². The predicted octanol–water partition coefficient (Wildman–Crippen LogP) is 4.16. The summed E-state index contributed by atoms with van der Waals surface area (Å²) < 4.78 is 35.2. The van der Waals surface area contributed by atoms with Crippen LogP contribution in [0.25, 0.3) is 0 Å². The van der Waals surface area contributed by atoms with E-state index in [4.69, 9.17) is 9.47 Å². The van der Waals surface area contributed by atoms with E-state index in [-0.39, 0.29) is 40.1 Å². The van der Waals surface area contributed by atoms with Crippen LogP contribution in [-0.4, -0.2) is 41.7 Å². The molecule has 0 saturated heterocycles. The highest BCUT2D eigenvalue weighted by atomic mass is 32.2. The molecule has 0 saturated carbocycles. The quantitative estimate of drug-likeness (QED) is 0.399. The normalized spacial score (nSPS) is 10.8. The van der Waals surface area contributed by atoms with Crippen molar-refractivity contribution in [3.8, 4) is 0 Å². The largest absolute Gasteiger partial charge is 0.462 e. The molecule has 6 nitrogen and oxygen atoms in total. The first kappa shape index (κ1) is 21.6. The maximum absolute atomic E-state index is 12.6. The lowest BCUT2D eigenvalue weighted by atomic mass is 10.1. The van der Waals surface area contributed by atoms with E-state index in [1.807, 2.05) is 0 Å². The maximum Gasteiger partial charge on any atom is 0.340 e. The summed E-state index contributed by atoms with van der Waals surface area (Å²) in [6.45, 7) is 4.47. The topological polar surface area (TPSA) is 85.5 Å². The Kier molecular flexibility index (Phi) is 7.33. The van der Waals surface area contributed by atoms with E-state index in [1.165, 1.54) is 24.3 Å². The predicted molar refractivity (Wildman–Crippen MR) is 99.1 cm³/mol. The summed E-state index contributed by atoms with van der Waals surface area (Å²) in [6, 6.07) is 5.76. The van der Waals surface area contributed by atoms with Crippen LogP contribution in [0.1, 0.15) is 49.4 Å². The summed E-state index contributed by atoms with van der Waals surface area (Å²) in [7, 11) is 0. The fourth-order valence-corrected chi connectivity index (χ4v) is 3.28. The third kappa shape index (κ3) is 4.98. The molecule has 0 aliphatic heterocycles. The van der Waals surface area contributed by atoms with Crippen molar-refractivity contribution in [3.63, 3.8) is 0 Å². The second-order valence-corrected chi connectivity index (χ2v) is 6.75. The van der Waals surface area contributed by atoms with Gasteiger partial charge >= 0.3 is 11.9 Å². The van der Waals surface area contributed by atoms with Gasteiger partial charge in [-0.1, -0.05) is 23.9 Å². The number of Topliss-reactive ketones (excluding diaryl/α,β-unsaturated/α-hetero) is 1. The highest BCUT2D eigenvalue weighted by molar-refractivity contribution is 7.99. The van der Waals surface area contributed by atoms with E-state index in [2.05, 4.69) is 4.98 Å². The SMILES string of the molecule is CCOC(=O)c1c(C)[nH]c(C(=O)COC(=O)c2ccccc2SC(F)F)c1C. The molecule has 0 aliphatic carbocycles. The average Bonchev–Trinajstić information content (AvgIpc) is 2.94. The molecule has 2 rings (SSSR count). The number of aryl methyl sites for hydroxylation is 1. The molecule has 9 heteroatoms. The van der Waals surface area contributed by atoms with Gasteiger partial charge in [-0.3, -0.25) is 4.79 Å². The van der Waals surface area contributed by atoms with E-state index >= 15 is 0 Å². The number of benzene rings is 1. The zero-order valence-electron chi connectivity index (χ0n) is 15.5. The monoisotopic (exact) mass is 411 g/mol. The number of aromatic amines is 1. The summed E-state index contributed by atoms with van der Waals surface area (Å²) in [6.07, 6.45) is 0. The van der Waals surface area contributed by atoms with Gasteiger partial charge in [-0.15, -0.1) is 0 Å². The van der Waals surface area contributed by atoms with Gasteiger partial charge in [0.25, 0.3) is 5.76 Å². The number of aromatic nitrogens is 1. The van der Waals surface area contributed by atoms with E-state index in [0.717, 1.165) is 0 Å². The number of H-pyrrole nitrogens is 1. The number of ketones is 1. The standard InChI is InChI=1S/C19H19F2NO5S/c1-4-26-18(25)15-10(2)16(22-11(15)3)13(23)9-27-17(24)12-7-5-6-8-14(12)28-19(20)21/h5-8,19,22H,4,9H2,1-3H3. The van der Waals surface area contributed by atoms with Crippen molar-refractivity contribution >= 4 is 29.5 Å². The zero-order chi connectivity index (χ0) is 20.8. The van der Waals surface area contributed by atoms with Gasteiger partial charge in [-0.05, 0) is 38.5 Å². The van der Waals surface area contributed by atoms with Gasteiger partial charge in [0.2, 0.25) is 5.78 Å². The van der Waals surface area contributed by atoms with Crippen LogP contribution >= 0.6 is 11.8 Å². The van der Waals surface area contributed by atoms with Gasteiger partial charge in [-0.25, -0.2) is 9.59 Å². The number of alkyl halides is 2. The molecule has 0 bridgehead atoms. The summed E-state index contributed by atoms with van der Waals surface area (Å²) in [4.78, 5) is 39.5. The maximum atomic E-state index is 12.6. The van der Waals surface area contributed by atoms with E-state index in [0.29, 0.717) is 11.3 Å². The van der Waals surface area contributed by atoms with Crippen molar-refractivity contribution in [2.24, 2.45) is 0 Å². The molecule has 0 fully saturated rings. The van der Waals surface area contributed by atoms with E-state index in [1.54, 1.807) is 20.8 Å². The summed E-state index contributed by atoms with van der Waals surface area (Å²) in [5.41, 5.74) is 1.20. The first-order chi connectivity index (χ1) is 13.3. The number of hydrogen-bond acceptors (Lipinski definition) is 6. The molecule has 0 aliphatic rings. The van der Waals surface area contributed by atoms with E-state index in [9.17, 15) is 23.2 Å². The molecule has 2 aromatic rings. The highest BCUT2D eigenvalue weighted by Crippen LogP contribution is 2.29. The van der Waals surface area contributed by atoms with Crippen molar-refractivity contribution in [2.45, 2.75) is 31.4 Å². The number of hydrogen-bond donors (Lipinski definition) is 1. The van der Waals surface area contributed by atoms with Crippen LogP contribution in [0, 0.1) is 13.8 Å². The summed E-state index contributed by atoms with van der Waals surface area (Å²) >= 11 is 0.223. The minimum absolute atomic E-state index is 0.0489. The van der Waals surface area contributed by atoms with Crippen LogP contribution in [0.4, 0.5) is 8.78 Å². The molecule has 1 aromatic carbocycles. The molecule has 1 N–H and O–H groups in total. The van der Waals surface area contributed by atoms with Crippen molar-refractivity contribution in [3.05, 3.63) is 52.3 Å². The van der Waals surface area contributed by atoms with Gasteiger partial charge in [0.05, 0.1) is 23.4 Å². The molecule has 150 valence electrons. The van der Waals surface area contributed by atoms with Gasteiger partial charge in [0, 0.05) is 10.6 Å². The van der Waals surface area contributed by atoms with Crippen LogP contribution < -0.4 is 0 Å². The van der Waals surface area contributed by atoms with Gasteiger partial charge < -0.3 is 14.5 Å². The fourth-order valence-electron chi connectivity index (χ4n) is 2.65. The third-order valence-electron chi connectivity index (χ3n) is 3.85.